The van der Waals surface area contributed by atoms with Crippen molar-refractivity contribution in [2.24, 2.45) is 0 Å². The standard InChI is InChI=1S/C34H29OS2/c1-34(2,3)35-32-16-10-15-31(25-17-21-29(22-18-25)36-27-11-6-4-7-12-27)33(32)26-19-23-30(24-20-26)37-28-13-8-5-9-14-28/h4-14,16-24H,1-3H3. The van der Waals surface area contributed by atoms with E-state index in [-0.39, 0.29) is 5.60 Å². The average Bonchev–Trinajstić information content (AvgIpc) is 2.90. The van der Waals surface area contributed by atoms with E-state index < -0.39 is 0 Å². The van der Waals surface area contributed by atoms with E-state index in [0.717, 1.165) is 28.0 Å². The molecule has 5 rings (SSSR count). The van der Waals surface area contributed by atoms with Crippen molar-refractivity contribution in [1.29, 1.82) is 0 Å². The van der Waals surface area contributed by atoms with Gasteiger partial charge in [-0.15, -0.1) is 0 Å². The molecule has 0 saturated carbocycles. The second-order valence-corrected chi connectivity index (χ2v) is 12.0. The third kappa shape index (κ3) is 6.68. The molecule has 5 aromatic rings. The molecule has 0 atom stereocenters. The minimum Gasteiger partial charge on any atom is -0.487 e. The largest absolute Gasteiger partial charge is 0.487 e. The molecule has 37 heavy (non-hydrogen) atoms. The summed E-state index contributed by atoms with van der Waals surface area (Å²) < 4.78 is 6.45. The molecule has 0 amide bonds. The average molecular weight is 518 g/mol. The number of rotatable bonds is 7. The maximum absolute atomic E-state index is 6.45. The molecule has 0 N–H and O–H groups in total. The molecule has 0 unspecified atom stereocenters. The van der Waals surface area contributed by atoms with Crippen LogP contribution in [0.5, 0.6) is 5.75 Å². The van der Waals surface area contributed by atoms with Crippen molar-refractivity contribution in [1.82, 2.24) is 0 Å². The van der Waals surface area contributed by atoms with Crippen LogP contribution >= 0.6 is 23.5 Å². The Balaban J connectivity index is 1.49. The van der Waals surface area contributed by atoms with Crippen molar-refractivity contribution in [3.63, 3.8) is 0 Å². The zero-order valence-corrected chi connectivity index (χ0v) is 22.9. The molecule has 0 aliphatic heterocycles. The Morgan fingerprint density at radius 1 is 0.541 bits per heavy atom. The van der Waals surface area contributed by atoms with Crippen molar-refractivity contribution in [2.75, 3.05) is 0 Å². The van der Waals surface area contributed by atoms with Crippen LogP contribution in [-0.4, -0.2) is 5.60 Å². The molecule has 183 valence electrons. The van der Waals surface area contributed by atoms with Crippen LogP contribution in [-0.2, 0) is 0 Å². The van der Waals surface area contributed by atoms with E-state index in [0.29, 0.717) is 0 Å². The molecule has 1 radical (unpaired) electrons. The zero-order valence-electron chi connectivity index (χ0n) is 21.3. The molecule has 0 heterocycles. The molecule has 0 saturated heterocycles. The van der Waals surface area contributed by atoms with E-state index in [4.69, 9.17) is 4.74 Å². The lowest BCUT2D eigenvalue weighted by Gasteiger charge is -2.25. The first-order valence-electron chi connectivity index (χ1n) is 12.3. The molecule has 0 fully saturated rings. The van der Waals surface area contributed by atoms with Crippen LogP contribution in [0.4, 0.5) is 0 Å². The monoisotopic (exact) mass is 517 g/mol. The van der Waals surface area contributed by atoms with Gasteiger partial charge in [-0.1, -0.05) is 90.3 Å². The topological polar surface area (TPSA) is 9.23 Å². The molecular weight excluding hydrogens is 489 g/mol. The first-order valence-corrected chi connectivity index (χ1v) is 14.0. The van der Waals surface area contributed by atoms with Gasteiger partial charge in [0.05, 0.1) is 0 Å². The van der Waals surface area contributed by atoms with Gasteiger partial charge in [-0.3, -0.25) is 0 Å². The van der Waals surface area contributed by atoms with Crippen molar-refractivity contribution >= 4 is 23.5 Å². The summed E-state index contributed by atoms with van der Waals surface area (Å²) in [7, 11) is 0. The number of ether oxygens (including phenoxy) is 1. The Kier molecular flexibility index (Phi) is 7.73. The summed E-state index contributed by atoms with van der Waals surface area (Å²) in [6, 6.07) is 45.9. The Morgan fingerprint density at radius 2 is 1.00 bits per heavy atom. The summed E-state index contributed by atoms with van der Waals surface area (Å²) in [6.07, 6.45) is 0. The predicted molar refractivity (Wildman–Crippen MR) is 158 cm³/mol. The van der Waals surface area contributed by atoms with E-state index in [9.17, 15) is 0 Å². The molecule has 1 nitrogen and oxygen atoms in total. The van der Waals surface area contributed by atoms with Crippen LogP contribution in [0.2, 0.25) is 0 Å². The highest BCUT2D eigenvalue weighted by atomic mass is 32.2. The molecule has 0 spiro atoms. The highest BCUT2D eigenvalue weighted by Gasteiger charge is 2.19. The molecule has 0 aliphatic rings. The van der Waals surface area contributed by atoms with Crippen molar-refractivity contribution < 1.29 is 4.74 Å². The van der Waals surface area contributed by atoms with E-state index in [2.05, 4.69) is 124 Å². The maximum Gasteiger partial charge on any atom is 0.128 e. The normalized spacial score (nSPS) is 11.3. The van der Waals surface area contributed by atoms with Gasteiger partial charge in [0, 0.05) is 30.7 Å². The van der Waals surface area contributed by atoms with Gasteiger partial charge in [0.15, 0.2) is 0 Å². The highest BCUT2D eigenvalue weighted by molar-refractivity contribution is 7.99. The Labute approximate surface area is 228 Å². The van der Waals surface area contributed by atoms with Gasteiger partial charge in [0.2, 0.25) is 0 Å². The van der Waals surface area contributed by atoms with Crippen molar-refractivity contribution in [3.05, 3.63) is 127 Å². The third-order valence-electron chi connectivity index (χ3n) is 5.62. The van der Waals surface area contributed by atoms with E-state index in [1.807, 2.05) is 24.3 Å². The van der Waals surface area contributed by atoms with Gasteiger partial charge in [-0.25, -0.2) is 0 Å². The Hall–Kier alpha value is -3.40. The summed E-state index contributed by atoms with van der Waals surface area (Å²) in [5.74, 6) is 0.868. The van der Waals surface area contributed by atoms with Crippen LogP contribution in [0, 0.1) is 6.07 Å². The maximum atomic E-state index is 6.45. The lowest BCUT2D eigenvalue weighted by Crippen LogP contribution is -2.23. The lowest BCUT2D eigenvalue weighted by molar-refractivity contribution is 0.132. The van der Waals surface area contributed by atoms with Crippen molar-refractivity contribution in [3.8, 4) is 28.0 Å². The first-order chi connectivity index (χ1) is 17.9. The van der Waals surface area contributed by atoms with Crippen molar-refractivity contribution in [2.45, 2.75) is 46.0 Å². The van der Waals surface area contributed by atoms with E-state index in [1.54, 1.807) is 23.5 Å². The second kappa shape index (κ2) is 11.3. The smallest absolute Gasteiger partial charge is 0.128 e. The van der Waals surface area contributed by atoms with Crippen LogP contribution in [0.3, 0.4) is 0 Å². The fraction of sp³-hybridized carbons (Fsp3) is 0.118. The Bertz CT molecular complexity index is 1440. The van der Waals surface area contributed by atoms with Crippen LogP contribution in [0.25, 0.3) is 22.3 Å². The second-order valence-electron chi connectivity index (χ2n) is 9.69. The fourth-order valence-electron chi connectivity index (χ4n) is 4.04. The minimum atomic E-state index is -0.313. The van der Waals surface area contributed by atoms with Crippen LogP contribution in [0.1, 0.15) is 20.8 Å². The van der Waals surface area contributed by atoms with E-state index in [1.165, 1.54) is 19.6 Å². The van der Waals surface area contributed by atoms with Gasteiger partial charge in [-0.2, -0.15) is 0 Å². The number of hydrogen-bond acceptors (Lipinski definition) is 3. The SMILES string of the molecule is CC(C)(C)Oc1cc[c]c(-c2ccc(Sc3ccccc3)cc2)c1-c1ccc(Sc2ccccc2)cc1. The fourth-order valence-corrected chi connectivity index (χ4v) is 5.71. The van der Waals surface area contributed by atoms with Gasteiger partial charge in [0.1, 0.15) is 11.4 Å². The summed E-state index contributed by atoms with van der Waals surface area (Å²) in [6.45, 7) is 6.26. The molecule has 3 heteroatoms. The number of hydrogen-bond donors (Lipinski definition) is 0. The summed E-state index contributed by atoms with van der Waals surface area (Å²) in [4.78, 5) is 4.88. The quantitative estimate of drug-likeness (QED) is 0.212. The minimum absolute atomic E-state index is 0.313. The zero-order chi connectivity index (χ0) is 25.7. The summed E-state index contributed by atoms with van der Waals surface area (Å²) >= 11 is 3.54. The Morgan fingerprint density at radius 3 is 1.49 bits per heavy atom. The van der Waals surface area contributed by atoms with Gasteiger partial charge in [0.25, 0.3) is 0 Å². The third-order valence-corrected chi connectivity index (χ3v) is 7.65. The highest BCUT2D eigenvalue weighted by Crippen LogP contribution is 2.42. The van der Waals surface area contributed by atoms with Crippen LogP contribution in [0.15, 0.2) is 141 Å². The lowest BCUT2D eigenvalue weighted by atomic mass is 9.93. The molecule has 5 aromatic carbocycles. The number of benzene rings is 5. The summed E-state index contributed by atoms with van der Waals surface area (Å²) in [5, 5.41) is 0. The van der Waals surface area contributed by atoms with Crippen LogP contribution < -0.4 is 4.74 Å². The molecule has 0 aliphatic carbocycles. The van der Waals surface area contributed by atoms with Gasteiger partial charge >= 0.3 is 0 Å². The first kappa shape index (κ1) is 25.3. The summed E-state index contributed by atoms with van der Waals surface area (Å²) in [5.41, 5.74) is 4.03. The predicted octanol–water partition coefficient (Wildman–Crippen LogP) is 10.3. The molecular formula is C34H29OS2. The van der Waals surface area contributed by atoms with Gasteiger partial charge < -0.3 is 4.74 Å². The van der Waals surface area contributed by atoms with E-state index >= 15 is 0 Å². The molecule has 0 bridgehead atoms. The van der Waals surface area contributed by atoms with Gasteiger partial charge in [-0.05, 0) is 92.6 Å². The molecule has 0 aromatic heterocycles.